The summed E-state index contributed by atoms with van der Waals surface area (Å²) >= 11 is 0. The van der Waals surface area contributed by atoms with Crippen LogP contribution in [-0.4, -0.2) is 25.1 Å². The standard InChI is InChI=1S/C15H22N2O2/c1-11(2)10-12(16)15(18)17-8-5-9-19-14-7-4-3-6-13(14)17/h3-4,6-7,11-12H,5,8-10,16H2,1-2H3/t12-/m1/s1. The number of para-hydroxylation sites is 2. The summed E-state index contributed by atoms with van der Waals surface area (Å²) in [5, 5.41) is 0. The molecular weight excluding hydrogens is 240 g/mol. The molecule has 1 aliphatic heterocycles. The SMILES string of the molecule is CC(C)C[C@@H](N)C(=O)N1CCCOc2ccccc21. The fourth-order valence-corrected chi connectivity index (χ4v) is 2.37. The first kappa shape index (κ1) is 13.9. The third kappa shape index (κ3) is 3.26. The second kappa shape index (κ2) is 6.06. The Kier molecular flexibility index (Phi) is 4.43. The van der Waals surface area contributed by atoms with Gasteiger partial charge in [-0.2, -0.15) is 0 Å². The molecule has 1 aromatic carbocycles. The van der Waals surface area contributed by atoms with Gasteiger partial charge in [-0.15, -0.1) is 0 Å². The number of carbonyl (C=O) groups excluding carboxylic acids is 1. The molecule has 0 saturated carbocycles. The molecular formula is C15H22N2O2. The molecule has 0 fully saturated rings. The van der Waals surface area contributed by atoms with Crippen molar-refractivity contribution < 1.29 is 9.53 Å². The third-order valence-corrected chi connectivity index (χ3v) is 3.25. The van der Waals surface area contributed by atoms with Crippen molar-refractivity contribution in [1.29, 1.82) is 0 Å². The van der Waals surface area contributed by atoms with E-state index in [2.05, 4.69) is 13.8 Å². The lowest BCUT2D eigenvalue weighted by Crippen LogP contribution is -2.44. The van der Waals surface area contributed by atoms with Crippen molar-refractivity contribution in [3.63, 3.8) is 0 Å². The third-order valence-electron chi connectivity index (χ3n) is 3.25. The molecule has 0 aliphatic carbocycles. The molecule has 2 N–H and O–H groups in total. The molecule has 104 valence electrons. The zero-order valence-corrected chi connectivity index (χ0v) is 11.6. The number of ether oxygens (including phenoxy) is 1. The van der Waals surface area contributed by atoms with Gasteiger partial charge in [-0.25, -0.2) is 0 Å². The minimum absolute atomic E-state index is 0.00773. The van der Waals surface area contributed by atoms with E-state index < -0.39 is 6.04 Å². The Hall–Kier alpha value is -1.55. The quantitative estimate of drug-likeness (QED) is 0.908. The van der Waals surface area contributed by atoms with Gasteiger partial charge in [0.05, 0.1) is 18.3 Å². The van der Waals surface area contributed by atoms with E-state index in [1.807, 2.05) is 24.3 Å². The minimum atomic E-state index is -0.439. The highest BCUT2D eigenvalue weighted by Gasteiger charge is 2.26. The molecule has 19 heavy (non-hydrogen) atoms. The van der Waals surface area contributed by atoms with Crippen LogP contribution in [-0.2, 0) is 4.79 Å². The summed E-state index contributed by atoms with van der Waals surface area (Å²) in [5.74, 6) is 1.18. The molecule has 1 heterocycles. The molecule has 4 nitrogen and oxygen atoms in total. The van der Waals surface area contributed by atoms with Gasteiger partial charge in [0.25, 0.3) is 0 Å². The number of carbonyl (C=O) groups is 1. The van der Waals surface area contributed by atoms with E-state index in [0.717, 1.165) is 17.9 Å². The minimum Gasteiger partial charge on any atom is -0.491 e. The van der Waals surface area contributed by atoms with Crippen molar-refractivity contribution in [1.82, 2.24) is 0 Å². The van der Waals surface area contributed by atoms with Crippen molar-refractivity contribution in [3.8, 4) is 5.75 Å². The Morgan fingerprint density at radius 2 is 2.16 bits per heavy atom. The van der Waals surface area contributed by atoms with E-state index in [9.17, 15) is 4.79 Å². The van der Waals surface area contributed by atoms with Gasteiger partial charge in [0, 0.05) is 6.54 Å². The predicted octanol–water partition coefficient (Wildman–Crippen LogP) is 2.18. The first-order valence-corrected chi connectivity index (χ1v) is 6.88. The average molecular weight is 262 g/mol. The van der Waals surface area contributed by atoms with Gasteiger partial charge in [-0.3, -0.25) is 4.79 Å². The maximum absolute atomic E-state index is 12.5. The predicted molar refractivity (Wildman–Crippen MR) is 76.3 cm³/mol. The lowest BCUT2D eigenvalue weighted by atomic mass is 10.0. The van der Waals surface area contributed by atoms with Crippen LogP contribution >= 0.6 is 0 Å². The van der Waals surface area contributed by atoms with Gasteiger partial charge in [0.2, 0.25) is 5.91 Å². The number of hydrogen-bond acceptors (Lipinski definition) is 3. The molecule has 0 spiro atoms. The van der Waals surface area contributed by atoms with Crippen molar-refractivity contribution >= 4 is 11.6 Å². The second-order valence-electron chi connectivity index (χ2n) is 5.40. The number of nitrogens with zero attached hydrogens (tertiary/aromatic N) is 1. The van der Waals surface area contributed by atoms with Crippen LogP contribution in [0.15, 0.2) is 24.3 Å². The van der Waals surface area contributed by atoms with Crippen LogP contribution in [0.1, 0.15) is 26.7 Å². The first-order chi connectivity index (χ1) is 9.09. The second-order valence-corrected chi connectivity index (χ2v) is 5.40. The number of nitrogens with two attached hydrogens (primary N) is 1. The highest BCUT2D eigenvalue weighted by Crippen LogP contribution is 2.31. The largest absolute Gasteiger partial charge is 0.491 e. The van der Waals surface area contributed by atoms with Gasteiger partial charge in [-0.05, 0) is 30.9 Å². The molecule has 1 atom stereocenters. The molecule has 0 radical (unpaired) electrons. The lowest BCUT2D eigenvalue weighted by Gasteiger charge is -2.25. The number of benzene rings is 1. The summed E-state index contributed by atoms with van der Waals surface area (Å²) in [6.07, 6.45) is 1.53. The molecule has 2 rings (SSSR count). The number of rotatable bonds is 3. The summed E-state index contributed by atoms with van der Waals surface area (Å²) in [6, 6.07) is 7.21. The molecule has 1 amide bonds. The summed E-state index contributed by atoms with van der Waals surface area (Å²) in [6.45, 7) is 5.46. The van der Waals surface area contributed by atoms with E-state index in [1.54, 1.807) is 4.90 Å². The smallest absolute Gasteiger partial charge is 0.244 e. The molecule has 0 bridgehead atoms. The van der Waals surface area contributed by atoms with Gasteiger partial charge in [-0.1, -0.05) is 26.0 Å². The van der Waals surface area contributed by atoms with Crippen molar-refractivity contribution in [2.45, 2.75) is 32.7 Å². The fourth-order valence-electron chi connectivity index (χ4n) is 2.37. The molecule has 1 aromatic rings. The van der Waals surface area contributed by atoms with Crippen molar-refractivity contribution in [2.75, 3.05) is 18.1 Å². The van der Waals surface area contributed by atoms with Crippen LogP contribution in [0.25, 0.3) is 0 Å². The Morgan fingerprint density at radius 1 is 1.42 bits per heavy atom. The van der Waals surface area contributed by atoms with E-state index in [1.165, 1.54) is 0 Å². The summed E-state index contributed by atoms with van der Waals surface area (Å²) < 4.78 is 5.65. The average Bonchev–Trinajstić information content (AvgIpc) is 2.59. The van der Waals surface area contributed by atoms with Crippen molar-refractivity contribution in [2.24, 2.45) is 11.7 Å². The van der Waals surface area contributed by atoms with Gasteiger partial charge in [0.15, 0.2) is 0 Å². The summed E-state index contributed by atoms with van der Waals surface area (Å²) in [5.41, 5.74) is 6.86. The highest BCUT2D eigenvalue weighted by atomic mass is 16.5. The van der Waals surface area contributed by atoms with Crippen molar-refractivity contribution in [3.05, 3.63) is 24.3 Å². The van der Waals surface area contributed by atoms with E-state index >= 15 is 0 Å². The molecule has 0 unspecified atom stereocenters. The van der Waals surface area contributed by atoms with Gasteiger partial charge < -0.3 is 15.4 Å². The Bertz CT molecular complexity index is 446. The van der Waals surface area contributed by atoms with Gasteiger partial charge >= 0.3 is 0 Å². The number of fused-ring (bicyclic) bond motifs is 1. The van der Waals surface area contributed by atoms with Crippen LogP contribution in [0.4, 0.5) is 5.69 Å². The monoisotopic (exact) mass is 262 g/mol. The Labute approximate surface area is 114 Å². The van der Waals surface area contributed by atoms with Gasteiger partial charge in [0.1, 0.15) is 5.75 Å². The van der Waals surface area contributed by atoms with Crippen LogP contribution in [0.5, 0.6) is 5.75 Å². The van der Waals surface area contributed by atoms with E-state index in [0.29, 0.717) is 25.5 Å². The lowest BCUT2D eigenvalue weighted by molar-refractivity contribution is -0.120. The van der Waals surface area contributed by atoms with Crippen LogP contribution in [0.3, 0.4) is 0 Å². The van der Waals surface area contributed by atoms with Crippen LogP contribution in [0, 0.1) is 5.92 Å². The molecule has 0 saturated heterocycles. The zero-order valence-electron chi connectivity index (χ0n) is 11.6. The molecule has 0 aromatic heterocycles. The molecule has 1 aliphatic rings. The summed E-state index contributed by atoms with van der Waals surface area (Å²) in [7, 11) is 0. The van der Waals surface area contributed by atoms with Crippen LogP contribution < -0.4 is 15.4 Å². The Balaban J connectivity index is 2.21. The summed E-state index contributed by atoms with van der Waals surface area (Å²) in [4.78, 5) is 14.3. The number of anilines is 1. The number of amides is 1. The maximum Gasteiger partial charge on any atom is 0.244 e. The maximum atomic E-state index is 12.5. The Morgan fingerprint density at radius 3 is 2.89 bits per heavy atom. The highest BCUT2D eigenvalue weighted by molar-refractivity contribution is 5.98. The normalized spacial score (nSPS) is 16.5. The topological polar surface area (TPSA) is 55.6 Å². The molecule has 4 heteroatoms. The first-order valence-electron chi connectivity index (χ1n) is 6.88. The number of hydrogen-bond donors (Lipinski definition) is 1. The van der Waals surface area contributed by atoms with E-state index in [-0.39, 0.29) is 5.91 Å². The van der Waals surface area contributed by atoms with E-state index in [4.69, 9.17) is 10.5 Å². The van der Waals surface area contributed by atoms with Crippen LogP contribution in [0.2, 0.25) is 0 Å². The fraction of sp³-hybridized carbons (Fsp3) is 0.533. The zero-order chi connectivity index (χ0) is 13.8.